The van der Waals surface area contributed by atoms with Gasteiger partial charge in [0.25, 0.3) is 0 Å². The summed E-state index contributed by atoms with van der Waals surface area (Å²) >= 11 is 7.83. The van der Waals surface area contributed by atoms with Crippen LogP contribution in [-0.2, 0) is 9.53 Å². The van der Waals surface area contributed by atoms with Gasteiger partial charge < -0.3 is 10.1 Å². The Bertz CT molecular complexity index is 1080. The Morgan fingerprint density at radius 2 is 2.10 bits per heavy atom. The van der Waals surface area contributed by atoms with Gasteiger partial charge in [-0.3, -0.25) is 9.36 Å². The standard InChI is InChI=1S/C23H25ClN4O2S/c1-15-9-10-16(2)20(12-15)28-22(18-7-3-4-8-19(18)24)26-27-23(28)31-14-21(29)25-13-17-6-5-11-30-17/h3-4,7-10,12,17H,5-6,11,13-14H2,1-2H3,(H,25,29). The first-order chi connectivity index (χ1) is 15.0. The second-order valence-electron chi connectivity index (χ2n) is 7.64. The molecule has 1 fully saturated rings. The van der Waals surface area contributed by atoms with E-state index >= 15 is 0 Å². The molecular formula is C23H25ClN4O2S. The molecule has 3 aromatic rings. The van der Waals surface area contributed by atoms with E-state index in [1.165, 1.54) is 11.8 Å². The Labute approximate surface area is 191 Å². The highest BCUT2D eigenvalue weighted by Gasteiger charge is 2.21. The molecule has 1 aliphatic heterocycles. The molecule has 1 N–H and O–H groups in total. The summed E-state index contributed by atoms with van der Waals surface area (Å²) in [6.45, 7) is 5.43. The van der Waals surface area contributed by atoms with Crippen LogP contribution in [0.1, 0.15) is 24.0 Å². The van der Waals surface area contributed by atoms with Gasteiger partial charge in [-0.1, -0.05) is 47.6 Å². The van der Waals surface area contributed by atoms with Crippen LogP contribution in [0.25, 0.3) is 17.1 Å². The number of aromatic nitrogens is 3. The van der Waals surface area contributed by atoms with Crippen LogP contribution in [0.3, 0.4) is 0 Å². The van der Waals surface area contributed by atoms with E-state index in [1.54, 1.807) is 0 Å². The van der Waals surface area contributed by atoms with E-state index in [0.29, 0.717) is 22.5 Å². The van der Waals surface area contributed by atoms with Gasteiger partial charge in [0.05, 0.1) is 22.6 Å². The van der Waals surface area contributed by atoms with Crippen LogP contribution in [0.15, 0.2) is 47.6 Å². The zero-order valence-electron chi connectivity index (χ0n) is 17.6. The van der Waals surface area contributed by atoms with E-state index in [4.69, 9.17) is 16.3 Å². The van der Waals surface area contributed by atoms with E-state index in [2.05, 4.69) is 33.7 Å². The van der Waals surface area contributed by atoms with Crippen molar-refractivity contribution < 1.29 is 9.53 Å². The highest BCUT2D eigenvalue weighted by atomic mass is 35.5. The number of nitrogens with zero attached hydrogens (tertiary/aromatic N) is 3. The first-order valence-electron chi connectivity index (χ1n) is 10.3. The maximum absolute atomic E-state index is 12.4. The number of carbonyl (C=O) groups excluding carboxylic acids is 1. The molecule has 1 unspecified atom stereocenters. The van der Waals surface area contributed by atoms with Gasteiger partial charge in [-0.25, -0.2) is 0 Å². The molecule has 0 radical (unpaired) electrons. The normalized spacial score (nSPS) is 15.9. The Balaban J connectivity index is 1.61. The Hall–Kier alpha value is -2.35. The summed E-state index contributed by atoms with van der Waals surface area (Å²) in [5.74, 6) is 0.856. The number of benzene rings is 2. The van der Waals surface area contributed by atoms with E-state index in [-0.39, 0.29) is 17.8 Å². The monoisotopic (exact) mass is 456 g/mol. The van der Waals surface area contributed by atoms with Crippen LogP contribution in [-0.4, -0.2) is 45.7 Å². The molecule has 6 nitrogen and oxygen atoms in total. The van der Waals surface area contributed by atoms with Crippen LogP contribution in [0, 0.1) is 13.8 Å². The lowest BCUT2D eigenvalue weighted by Crippen LogP contribution is -2.32. The van der Waals surface area contributed by atoms with Crippen LogP contribution >= 0.6 is 23.4 Å². The third kappa shape index (κ3) is 5.11. The molecule has 0 saturated carbocycles. The van der Waals surface area contributed by atoms with Gasteiger partial charge >= 0.3 is 0 Å². The van der Waals surface area contributed by atoms with Gasteiger partial charge in [-0.15, -0.1) is 10.2 Å². The minimum absolute atomic E-state index is 0.0460. The average molecular weight is 457 g/mol. The van der Waals surface area contributed by atoms with Crippen LogP contribution in [0.2, 0.25) is 5.02 Å². The summed E-state index contributed by atoms with van der Waals surface area (Å²) in [6, 6.07) is 13.8. The number of ether oxygens (including phenoxy) is 1. The lowest BCUT2D eigenvalue weighted by atomic mass is 10.1. The Morgan fingerprint density at radius 3 is 2.87 bits per heavy atom. The molecule has 1 amide bonds. The highest BCUT2D eigenvalue weighted by molar-refractivity contribution is 7.99. The van der Waals surface area contributed by atoms with Crippen molar-refractivity contribution in [2.75, 3.05) is 18.9 Å². The fourth-order valence-corrected chi connectivity index (χ4v) is 4.57. The highest BCUT2D eigenvalue weighted by Crippen LogP contribution is 2.33. The number of aryl methyl sites for hydroxylation is 2. The summed E-state index contributed by atoms with van der Waals surface area (Å²) in [5, 5.41) is 13.1. The summed E-state index contributed by atoms with van der Waals surface area (Å²) in [5.41, 5.74) is 3.99. The molecule has 8 heteroatoms. The van der Waals surface area contributed by atoms with Gasteiger partial charge in [-0.05, 0) is 56.0 Å². The van der Waals surface area contributed by atoms with Crippen molar-refractivity contribution in [3.05, 3.63) is 58.6 Å². The minimum atomic E-state index is -0.0460. The van der Waals surface area contributed by atoms with Gasteiger partial charge in [0.2, 0.25) is 5.91 Å². The molecule has 0 spiro atoms. The zero-order valence-corrected chi connectivity index (χ0v) is 19.2. The van der Waals surface area contributed by atoms with Gasteiger partial charge in [0.1, 0.15) is 0 Å². The van der Waals surface area contributed by atoms with Crippen LogP contribution in [0.5, 0.6) is 0 Å². The maximum Gasteiger partial charge on any atom is 0.230 e. The second kappa shape index (κ2) is 9.85. The topological polar surface area (TPSA) is 69.0 Å². The summed E-state index contributed by atoms with van der Waals surface area (Å²) < 4.78 is 7.56. The first-order valence-corrected chi connectivity index (χ1v) is 11.7. The smallest absolute Gasteiger partial charge is 0.230 e. The molecule has 1 atom stereocenters. The zero-order chi connectivity index (χ0) is 21.8. The number of amides is 1. The van der Waals surface area contributed by atoms with Gasteiger partial charge in [-0.2, -0.15) is 0 Å². The van der Waals surface area contributed by atoms with Crippen molar-refractivity contribution in [1.82, 2.24) is 20.1 Å². The second-order valence-corrected chi connectivity index (χ2v) is 8.99. The minimum Gasteiger partial charge on any atom is -0.376 e. The average Bonchev–Trinajstić information content (AvgIpc) is 3.43. The van der Waals surface area contributed by atoms with Crippen LogP contribution < -0.4 is 5.32 Å². The van der Waals surface area contributed by atoms with Gasteiger partial charge in [0, 0.05) is 18.7 Å². The molecule has 2 heterocycles. The third-order valence-electron chi connectivity index (χ3n) is 5.24. The van der Waals surface area contributed by atoms with Crippen molar-refractivity contribution in [3.63, 3.8) is 0 Å². The fourth-order valence-electron chi connectivity index (χ4n) is 3.57. The molecule has 1 aromatic heterocycles. The predicted molar refractivity (Wildman–Crippen MR) is 124 cm³/mol. The molecule has 162 valence electrons. The lowest BCUT2D eigenvalue weighted by Gasteiger charge is -2.14. The number of thioether (sulfide) groups is 1. The Morgan fingerprint density at radius 1 is 1.26 bits per heavy atom. The maximum atomic E-state index is 12.4. The SMILES string of the molecule is Cc1ccc(C)c(-n2c(SCC(=O)NCC3CCCO3)nnc2-c2ccccc2Cl)c1. The number of carbonyl (C=O) groups is 1. The van der Waals surface area contributed by atoms with E-state index < -0.39 is 0 Å². The molecule has 1 aliphatic rings. The first kappa shape index (κ1) is 21.9. The van der Waals surface area contributed by atoms with Crippen molar-refractivity contribution in [1.29, 1.82) is 0 Å². The van der Waals surface area contributed by atoms with Crippen LogP contribution in [0.4, 0.5) is 0 Å². The molecule has 0 aliphatic carbocycles. The molecule has 31 heavy (non-hydrogen) atoms. The molecular weight excluding hydrogens is 432 g/mol. The molecule has 1 saturated heterocycles. The summed E-state index contributed by atoms with van der Waals surface area (Å²) in [6.07, 6.45) is 2.17. The summed E-state index contributed by atoms with van der Waals surface area (Å²) in [4.78, 5) is 12.4. The number of nitrogens with one attached hydrogen (secondary N) is 1. The van der Waals surface area contributed by atoms with E-state index in [0.717, 1.165) is 41.8 Å². The number of halogens is 1. The van der Waals surface area contributed by atoms with Crippen molar-refractivity contribution in [2.24, 2.45) is 0 Å². The third-order valence-corrected chi connectivity index (χ3v) is 6.50. The number of rotatable bonds is 7. The lowest BCUT2D eigenvalue weighted by molar-refractivity contribution is -0.119. The van der Waals surface area contributed by atoms with E-state index in [1.807, 2.05) is 42.7 Å². The fraction of sp³-hybridized carbons (Fsp3) is 0.348. The largest absolute Gasteiger partial charge is 0.376 e. The van der Waals surface area contributed by atoms with Gasteiger partial charge in [0.15, 0.2) is 11.0 Å². The molecule has 4 rings (SSSR count). The predicted octanol–water partition coefficient (Wildman–Crippen LogP) is 4.59. The Kier molecular flexibility index (Phi) is 6.95. The molecule has 0 bridgehead atoms. The van der Waals surface area contributed by atoms with E-state index in [9.17, 15) is 4.79 Å². The molecule has 2 aromatic carbocycles. The number of hydrogen-bond acceptors (Lipinski definition) is 5. The van der Waals surface area contributed by atoms with Crippen molar-refractivity contribution in [3.8, 4) is 17.1 Å². The summed E-state index contributed by atoms with van der Waals surface area (Å²) in [7, 11) is 0. The van der Waals surface area contributed by atoms with Crippen molar-refractivity contribution >= 4 is 29.3 Å². The van der Waals surface area contributed by atoms with Crippen molar-refractivity contribution in [2.45, 2.75) is 37.9 Å². The quantitative estimate of drug-likeness (QED) is 0.526. The number of hydrogen-bond donors (Lipinski definition) is 1.